The normalized spacial score (nSPS) is 13.5. The summed E-state index contributed by atoms with van der Waals surface area (Å²) in [5.74, 6) is 0.277. The van der Waals surface area contributed by atoms with Crippen molar-refractivity contribution in [2.75, 3.05) is 11.9 Å². The van der Waals surface area contributed by atoms with Gasteiger partial charge in [0.1, 0.15) is 5.75 Å². The highest BCUT2D eigenvalue weighted by Gasteiger charge is 2.30. The number of nitrogens with one attached hydrogen (secondary N) is 2. The molecule has 3 rings (SSSR count). The van der Waals surface area contributed by atoms with Crippen molar-refractivity contribution in [1.29, 1.82) is 0 Å². The van der Waals surface area contributed by atoms with Gasteiger partial charge in [-0.15, -0.1) is 0 Å². The molecule has 2 aromatic rings. The number of hydrogen-bond donors (Lipinski definition) is 3. The van der Waals surface area contributed by atoms with Gasteiger partial charge in [-0.05, 0) is 43.5 Å². The van der Waals surface area contributed by atoms with Crippen LogP contribution in [0, 0.1) is 0 Å². The topological polar surface area (TPSA) is 96.3 Å². The lowest BCUT2D eigenvalue weighted by Crippen LogP contribution is -2.31. The van der Waals surface area contributed by atoms with Crippen molar-refractivity contribution in [3.05, 3.63) is 30.0 Å². The van der Waals surface area contributed by atoms with Crippen molar-refractivity contribution < 1.29 is 14.7 Å². The van der Waals surface area contributed by atoms with Gasteiger partial charge >= 0.3 is 6.03 Å². The van der Waals surface area contributed by atoms with E-state index in [0.717, 1.165) is 25.0 Å². The second-order valence-electron chi connectivity index (χ2n) is 6.51. The monoisotopic (exact) mass is 356 g/mol. The molecule has 7 nitrogen and oxygen atoms in total. The molecule has 1 aromatic heterocycles. The van der Waals surface area contributed by atoms with Gasteiger partial charge < -0.3 is 15.7 Å². The maximum atomic E-state index is 12.4. The van der Waals surface area contributed by atoms with Crippen LogP contribution in [0.3, 0.4) is 0 Å². The number of anilines is 1. The molecule has 0 unspecified atom stereocenters. The number of carbonyl (C=O) groups is 2. The summed E-state index contributed by atoms with van der Waals surface area (Å²) < 4.78 is 1.40. The predicted octanol–water partition coefficient (Wildman–Crippen LogP) is 3.45. The van der Waals surface area contributed by atoms with Gasteiger partial charge in [0.05, 0.1) is 11.4 Å². The molecule has 1 aromatic carbocycles. The first-order valence-electron chi connectivity index (χ1n) is 9.04. The SMILES string of the molecule is CCCNC(=O)n1nc(-c2cc(NC(=O)CC)ccc2O)cc1C1CC1. The molecule has 2 amide bonds. The number of aromatic nitrogens is 2. The van der Waals surface area contributed by atoms with Crippen LogP contribution in [0.4, 0.5) is 10.5 Å². The van der Waals surface area contributed by atoms with Gasteiger partial charge in [-0.25, -0.2) is 4.79 Å². The van der Waals surface area contributed by atoms with Crippen LogP contribution in [0.2, 0.25) is 0 Å². The molecule has 0 aliphatic heterocycles. The van der Waals surface area contributed by atoms with E-state index in [-0.39, 0.29) is 17.7 Å². The summed E-state index contributed by atoms with van der Waals surface area (Å²) >= 11 is 0. The number of amides is 2. The first-order valence-corrected chi connectivity index (χ1v) is 9.04. The van der Waals surface area contributed by atoms with Crippen molar-refractivity contribution in [2.45, 2.75) is 45.4 Å². The fourth-order valence-electron chi connectivity index (χ4n) is 2.73. The van der Waals surface area contributed by atoms with Gasteiger partial charge in [0.25, 0.3) is 0 Å². The van der Waals surface area contributed by atoms with Crippen molar-refractivity contribution in [1.82, 2.24) is 15.1 Å². The number of nitrogens with zero attached hydrogens (tertiary/aromatic N) is 2. The van der Waals surface area contributed by atoms with E-state index in [0.29, 0.717) is 35.8 Å². The van der Waals surface area contributed by atoms with Crippen LogP contribution >= 0.6 is 0 Å². The standard InChI is InChI=1S/C19H24N4O3/c1-3-9-20-19(26)23-16(12-5-6-12)11-15(22-23)14-10-13(7-8-17(14)24)21-18(25)4-2/h7-8,10-12,24H,3-6,9H2,1-2H3,(H,20,26)(H,21,25). The van der Waals surface area contributed by atoms with E-state index in [9.17, 15) is 14.7 Å². The highest BCUT2D eigenvalue weighted by molar-refractivity contribution is 5.91. The van der Waals surface area contributed by atoms with Crippen molar-refractivity contribution in [3.8, 4) is 17.0 Å². The minimum atomic E-state index is -0.255. The van der Waals surface area contributed by atoms with E-state index in [1.165, 1.54) is 10.7 Å². The second-order valence-corrected chi connectivity index (χ2v) is 6.51. The van der Waals surface area contributed by atoms with Crippen molar-refractivity contribution in [3.63, 3.8) is 0 Å². The Kier molecular flexibility index (Phi) is 5.25. The van der Waals surface area contributed by atoms with Gasteiger partial charge in [-0.3, -0.25) is 4.79 Å². The van der Waals surface area contributed by atoms with Crippen LogP contribution in [-0.2, 0) is 4.79 Å². The highest BCUT2D eigenvalue weighted by Crippen LogP contribution is 2.42. The lowest BCUT2D eigenvalue weighted by molar-refractivity contribution is -0.115. The van der Waals surface area contributed by atoms with Crippen LogP contribution in [0.25, 0.3) is 11.3 Å². The number of carbonyl (C=O) groups excluding carboxylic acids is 2. The molecule has 1 fully saturated rings. The molecular formula is C19H24N4O3. The summed E-state index contributed by atoms with van der Waals surface area (Å²) in [7, 11) is 0. The highest BCUT2D eigenvalue weighted by atomic mass is 16.3. The molecule has 3 N–H and O–H groups in total. The first-order chi connectivity index (χ1) is 12.5. The zero-order valence-corrected chi connectivity index (χ0v) is 15.1. The Balaban J connectivity index is 1.95. The second kappa shape index (κ2) is 7.59. The number of phenols is 1. The third-order valence-electron chi connectivity index (χ3n) is 4.33. The number of hydrogen-bond acceptors (Lipinski definition) is 4. The van der Waals surface area contributed by atoms with Gasteiger partial charge in [-0.2, -0.15) is 9.78 Å². The summed E-state index contributed by atoms with van der Waals surface area (Å²) in [6, 6.07) is 6.43. The van der Waals surface area contributed by atoms with Crippen LogP contribution in [0.5, 0.6) is 5.75 Å². The minimum Gasteiger partial charge on any atom is -0.507 e. The van der Waals surface area contributed by atoms with Gasteiger partial charge in [-0.1, -0.05) is 13.8 Å². The Morgan fingerprint density at radius 2 is 2.04 bits per heavy atom. The van der Waals surface area contributed by atoms with Crippen LogP contribution in [0.15, 0.2) is 24.3 Å². The lowest BCUT2D eigenvalue weighted by atomic mass is 10.1. The summed E-state index contributed by atoms with van der Waals surface area (Å²) in [5, 5.41) is 20.3. The molecule has 0 radical (unpaired) electrons. The smallest absolute Gasteiger partial charge is 0.342 e. The van der Waals surface area contributed by atoms with E-state index in [1.807, 2.05) is 13.0 Å². The van der Waals surface area contributed by atoms with Crippen LogP contribution < -0.4 is 10.6 Å². The van der Waals surface area contributed by atoms with E-state index in [2.05, 4.69) is 15.7 Å². The van der Waals surface area contributed by atoms with Gasteiger partial charge in [0.15, 0.2) is 0 Å². The molecule has 1 aliphatic carbocycles. The molecule has 1 saturated carbocycles. The molecule has 0 atom stereocenters. The molecule has 0 saturated heterocycles. The third-order valence-corrected chi connectivity index (χ3v) is 4.33. The zero-order chi connectivity index (χ0) is 18.7. The molecule has 1 aliphatic rings. The van der Waals surface area contributed by atoms with Crippen LogP contribution in [0.1, 0.15) is 51.1 Å². The minimum absolute atomic E-state index is 0.0560. The average Bonchev–Trinajstić information content (AvgIpc) is 3.39. The number of benzene rings is 1. The van der Waals surface area contributed by atoms with E-state index < -0.39 is 0 Å². The third kappa shape index (κ3) is 3.87. The van der Waals surface area contributed by atoms with E-state index in [4.69, 9.17) is 0 Å². The summed E-state index contributed by atoms with van der Waals surface area (Å²) in [6.45, 7) is 4.35. The maximum Gasteiger partial charge on any atom is 0.342 e. The Labute approximate surface area is 152 Å². The number of aromatic hydroxyl groups is 1. The predicted molar refractivity (Wildman–Crippen MR) is 99.3 cm³/mol. The Hall–Kier alpha value is -2.83. The van der Waals surface area contributed by atoms with Gasteiger partial charge in [0.2, 0.25) is 5.91 Å². The Bertz CT molecular complexity index is 824. The first kappa shape index (κ1) is 18.0. The lowest BCUT2D eigenvalue weighted by Gasteiger charge is -2.07. The Morgan fingerprint density at radius 1 is 1.27 bits per heavy atom. The molecule has 1 heterocycles. The summed E-state index contributed by atoms with van der Waals surface area (Å²) in [6.07, 6.45) is 3.28. The fraction of sp³-hybridized carbons (Fsp3) is 0.421. The molecular weight excluding hydrogens is 332 g/mol. The molecule has 0 spiro atoms. The molecule has 26 heavy (non-hydrogen) atoms. The maximum absolute atomic E-state index is 12.4. The Morgan fingerprint density at radius 3 is 2.69 bits per heavy atom. The fourth-order valence-corrected chi connectivity index (χ4v) is 2.73. The van der Waals surface area contributed by atoms with Crippen LogP contribution in [-0.4, -0.2) is 33.4 Å². The summed E-state index contributed by atoms with van der Waals surface area (Å²) in [5.41, 5.74) is 2.45. The van der Waals surface area contributed by atoms with Crippen molar-refractivity contribution >= 4 is 17.6 Å². The quantitative estimate of drug-likeness (QED) is 0.691. The molecule has 138 valence electrons. The van der Waals surface area contributed by atoms with Gasteiger partial charge in [0, 0.05) is 30.1 Å². The number of phenolic OH excluding ortho intramolecular Hbond substituents is 1. The average molecular weight is 356 g/mol. The van der Waals surface area contributed by atoms with E-state index in [1.54, 1.807) is 19.1 Å². The van der Waals surface area contributed by atoms with E-state index >= 15 is 0 Å². The molecule has 0 bridgehead atoms. The summed E-state index contributed by atoms with van der Waals surface area (Å²) in [4.78, 5) is 24.0. The number of rotatable bonds is 6. The van der Waals surface area contributed by atoms with Crippen molar-refractivity contribution in [2.24, 2.45) is 0 Å². The largest absolute Gasteiger partial charge is 0.507 e. The zero-order valence-electron chi connectivity index (χ0n) is 15.1. The molecule has 7 heteroatoms.